The van der Waals surface area contributed by atoms with Crippen LogP contribution >= 0.6 is 35.3 Å². The molecule has 7 nitrogen and oxygen atoms in total. The molecule has 0 amide bonds. The summed E-state index contributed by atoms with van der Waals surface area (Å²) in [6.07, 6.45) is 1.46. The Labute approximate surface area is 204 Å². The van der Waals surface area contributed by atoms with Crippen LogP contribution in [-0.2, 0) is 13.0 Å². The Morgan fingerprint density at radius 1 is 1.26 bits per heavy atom. The molecule has 0 radical (unpaired) electrons. The summed E-state index contributed by atoms with van der Waals surface area (Å²) < 4.78 is 1.64. The van der Waals surface area contributed by atoms with E-state index >= 15 is 0 Å². The van der Waals surface area contributed by atoms with Crippen molar-refractivity contribution < 1.29 is 0 Å². The zero-order valence-corrected chi connectivity index (χ0v) is 20.9. The van der Waals surface area contributed by atoms with E-state index in [-0.39, 0.29) is 24.0 Å². The summed E-state index contributed by atoms with van der Waals surface area (Å²) in [5.74, 6) is 1.17. The number of aliphatic imine (C=N–C) groups is 1. The second kappa shape index (κ2) is 12.3. The molecule has 0 fully saturated rings. The lowest BCUT2D eigenvalue weighted by molar-refractivity contribution is 0.723. The molecule has 4 N–H and O–H groups in total. The molecule has 0 saturated carbocycles. The predicted molar refractivity (Wildman–Crippen MR) is 138 cm³/mol. The lowest BCUT2D eigenvalue weighted by atomic mass is 10.1. The maximum absolute atomic E-state index is 9.53. The Morgan fingerprint density at radius 2 is 2.03 bits per heavy atom. The number of rotatable bonds is 8. The first-order chi connectivity index (χ1) is 14.6. The molecular weight excluding hydrogens is 521 g/mol. The van der Waals surface area contributed by atoms with Crippen LogP contribution in [0.5, 0.6) is 0 Å². The minimum Gasteiger partial charge on any atom is -0.382 e. The first-order valence-electron chi connectivity index (χ1n) is 10.0. The number of benzene rings is 1. The van der Waals surface area contributed by atoms with Crippen molar-refractivity contribution in [1.82, 2.24) is 20.4 Å². The van der Waals surface area contributed by atoms with E-state index in [1.54, 1.807) is 16.0 Å². The van der Waals surface area contributed by atoms with Crippen LogP contribution in [-0.4, -0.2) is 28.8 Å². The van der Waals surface area contributed by atoms with Crippen molar-refractivity contribution in [2.45, 2.75) is 33.2 Å². The largest absolute Gasteiger partial charge is 0.382 e. The molecule has 31 heavy (non-hydrogen) atoms. The van der Waals surface area contributed by atoms with E-state index in [0.717, 1.165) is 36.9 Å². The number of hydrogen-bond acceptors (Lipinski definition) is 5. The first kappa shape index (κ1) is 24.7. The lowest BCUT2D eigenvalue weighted by Crippen LogP contribution is -2.37. The number of nitrogen functional groups attached to an aromatic ring is 1. The first-order valence-corrected chi connectivity index (χ1v) is 10.9. The van der Waals surface area contributed by atoms with Crippen LogP contribution < -0.4 is 16.4 Å². The van der Waals surface area contributed by atoms with Crippen molar-refractivity contribution in [2.24, 2.45) is 4.99 Å². The van der Waals surface area contributed by atoms with Crippen molar-refractivity contribution in [3.05, 3.63) is 63.5 Å². The van der Waals surface area contributed by atoms with Gasteiger partial charge in [-0.15, -0.1) is 35.3 Å². The van der Waals surface area contributed by atoms with E-state index in [1.807, 2.05) is 37.3 Å². The number of hydrogen-bond donors (Lipinski definition) is 3. The number of anilines is 1. The van der Waals surface area contributed by atoms with E-state index < -0.39 is 0 Å². The molecule has 0 unspecified atom stereocenters. The fraction of sp³-hybridized carbons (Fsp3) is 0.318. The molecule has 3 aromatic rings. The summed E-state index contributed by atoms with van der Waals surface area (Å²) in [6, 6.07) is 13.9. The fourth-order valence-corrected chi connectivity index (χ4v) is 3.89. The van der Waals surface area contributed by atoms with Crippen LogP contribution in [0.25, 0.3) is 5.69 Å². The molecule has 0 aliphatic carbocycles. The van der Waals surface area contributed by atoms with Gasteiger partial charge in [-0.1, -0.05) is 18.2 Å². The number of nitriles is 1. The second-order valence-electron chi connectivity index (χ2n) is 6.82. The molecule has 0 atom stereocenters. The summed E-state index contributed by atoms with van der Waals surface area (Å²) in [5, 5.41) is 22.8. The van der Waals surface area contributed by atoms with Gasteiger partial charge in [-0.05, 0) is 55.8 Å². The monoisotopic (exact) mass is 549 g/mol. The summed E-state index contributed by atoms with van der Waals surface area (Å²) in [4.78, 5) is 5.94. The third-order valence-electron chi connectivity index (χ3n) is 4.68. The van der Waals surface area contributed by atoms with Gasteiger partial charge in [0.05, 0.1) is 17.9 Å². The average molecular weight is 549 g/mol. The Hall–Kier alpha value is -2.58. The van der Waals surface area contributed by atoms with Crippen molar-refractivity contribution in [1.29, 1.82) is 5.26 Å². The molecule has 2 aromatic heterocycles. The standard InChI is InChI=1S/C22H27N7S.HI/c1-3-25-22(27-15-20-16(2)11-13-30-20)26-12-7-10-19-18(14-23)21(24)29(28-19)17-8-5-4-6-9-17;/h4-6,8-9,11,13H,3,7,10,12,15,24H2,1-2H3,(H2,25,26,27);1H. The average Bonchev–Trinajstić information content (AvgIpc) is 3.32. The van der Waals surface area contributed by atoms with Gasteiger partial charge in [0.1, 0.15) is 17.5 Å². The van der Waals surface area contributed by atoms with Gasteiger partial charge in [-0.2, -0.15) is 10.4 Å². The SMILES string of the molecule is CCNC(=NCc1sccc1C)NCCCc1nn(-c2ccccc2)c(N)c1C#N.I. The number of aromatic nitrogens is 2. The number of nitrogens with one attached hydrogen (secondary N) is 2. The van der Waals surface area contributed by atoms with Crippen molar-refractivity contribution in [3.63, 3.8) is 0 Å². The van der Waals surface area contributed by atoms with Crippen molar-refractivity contribution in [2.75, 3.05) is 18.8 Å². The normalized spacial score (nSPS) is 10.9. The van der Waals surface area contributed by atoms with E-state index in [0.29, 0.717) is 24.3 Å². The summed E-state index contributed by atoms with van der Waals surface area (Å²) in [5.41, 5.74) is 9.46. The van der Waals surface area contributed by atoms with Crippen LogP contribution in [0, 0.1) is 18.3 Å². The van der Waals surface area contributed by atoms with Gasteiger partial charge in [0, 0.05) is 18.0 Å². The highest BCUT2D eigenvalue weighted by Crippen LogP contribution is 2.21. The lowest BCUT2D eigenvalue weighted by Gasteiger charge is -2.11. The van der Waals surface area contributed by atoms with Gasteiger partial charge >= 0.3 is 0 Å². The molecule has 0 bridgehead atoms. The second-order valence-corrected chi connectivity index (χ2v) is 7.82. The molecule has 3 rings (SSSR count). The Bertz CT molecular complexity index is 1030. The van der Waals surface area contributed by atoms with E-state index in [4.69, 9.17) is 5.73 Å². The number of halogens is 1. The van der Waals surface area contributed by atoms with Gasteiger partial charge in [-0.3, -0.25) is 0 Å². The summed E-state index contributed by atoms with van der Waals surface area (Å²) >= 11 is 1.73. The van der Waals surface area contributed by atoms with Gasteiger partial charge in [0.2, 0.25) is 0 Å². The molecule has 0 aliphatic rings. The highest BCUT2D eigenvalue weighted by atomic mass is 127. The van der Waals surface area contributed by atoms with Gasteiger partial charge in [0.25, 0.3) is 0 Å². The molecule has 9 heteroatoms. The Balaban J connectivity index is 0.00000341. The number of nitrogens with zero attached hydrogens (tertiary/aromatic N) is 4. The zero-order valence-electron chi connectivity index (χ0n) is 17.8. The van der Waals surface area contributed by atoms with Crippen LogP contribution in [0.4, 0.5) is 5.82 Å². The predicted octanol–water partition coefficient (Wildman–Crippen LogP) is 4.00. The maximum atomic E-state index is 9.53. The minimum atomic E-state index is 0. The Morgan fingerprint density at radius 3 is 2.68 bits per heavy atom. The summed E-state index contributed by atoms with van der Waals surface area (Å²) in [7, 11) is 0. The molecule has 164 valence electrons. The van der Waals surface area contributed by atoms with Gasteiger partial charge in [-0.25, -0.2) is 9.67 Å². The van der Waals surface area contributed by atoms with Gasteiger partial charge in [0.15, 0.2) is 5.96 Å². The fourth-order valence-electron chi connectivity index (χ4n) is 3.06. The molecular formula is C22H28IN7S. The quantitative estimate of drug-likeness (QED) is 0.171. The topological polar surface area (TPSA) is 104 Å². The van der Waals surface area contributed by atoms with Crippen molar-refractivity contribution in [3.8, 4) is 11.8 Å². The molecule has 0 aliphatic heterocycles. The highest BCUT2D eigenvalue weighted by Gasteiger charge is 2.16. The van der Waals surface area contributed by atoms with Crippen LogP contribution in [0.3, 0.4) is 0 Å². The Kier molecular flexibility index (Phi) is 9.81. The van der Waals surface area contributed by atoms with Crippen molar-refractivity contribution >= 4 is 47.1 Å². The third-order valence-corrected chi connectivity index (χ3v) is 5.69. The van der Waals surface area contributed by atoms with Crippen LogP contribution in [0.1, 0.15) is 35.0 Å². The van der Waals surface area contributed by atoms with E-state index in [2.05, 4.69) is 45.2 Å². The minimum absolute atomic E-state index is 0. The summed E-state index contributed by atoms with van der Waals surface area (Å²) in [6.45, 7) is 6.33. The molecule has 0 saturated heterocycles. The smallest absolute Gasteiger partial charge is 0.191 e. The number of guanidine groups is 1. The number of para-hydroxylation sites is 1. The molecule has 2 heterocycles. The molecule has 0 spiro atoms. The van der Waals surface area contributed by atoms with Crippen LogP contribution in [0.15, 0.2) is 46.8 Å². The number of thiophene rings is 1. The van der Waals surface area contributed by atoms with Gasteiger partial charge < -0.3 is 16.4 Å². The van der Waals surface area contributed by atoms with E-state index in [1.165, 1.54) is 10.4 Å². The maximum Gasteiger partial charge on any atom is 0.191 e. The molecule has 1 aromatic carbocycles. The van der Waals surface area contributed by atoms with Crippen LogP contribution in [0.2, 0.25) is 0 Å². The number of nitrogens with two attached hydrogens (primary N) is 1. The highest BCUT2D eigenvalue weighted by molar-refractivity contribution is 14.0. The zero-order chi connectivity index (χ0) is 21.3. The van der Waals surface area contributed by atoms with E-state index in [9.17, 15) is 5.26 Å². The third kappa shape index (κ3) is 6.45. The number of aryl methyl sites for hydroxylation is 2.